The van der Waals surface area contributed by atoms with Gasteiger partial charge in [-0.25, -0.2) is 9.97 Å². The van der Waals surface area contributed by atoms with Crippen molar-refractivity contribution in [3.8, 4) is 50.8 Å². The zero-order chi connectivity index (χ0) is 33.0. The van der Waals surface area contributed by atoms with Crippen LogP contribution in [0.25, 0.3) is 67.0 Å². The zero-order valence-corrected chi connectivity index (χ0v) is 27.3. The third-order valence-electron chi connectivity index (χ3n) is 10.1. The second-order valence-corrected chi connectivity index (χ2v) is 13.2. The van der Waals surface area contributed by atoms with E-state index in [1.54, 1.807) is 0 Å². The molecule has 2 unspecified atom stereocenters. The molecule has 0 bridgehead atoms. The molecule has 50 heavy (non-hydrogen) atoms. The van der Waals surface area contributed by atoms with Crippen LogP contribution in [-0.4, -0.2) is 16.1 Å². The Balaban J connectivity index is 1.01. The van der Waals surface area contributed by atoms with E-state index in [2.05, 4.69) is 121 Å². The van der Waals surface area contributed by atoms with Crippen molar-refractivity contribution in [3.05, 3.63) is 174 Å². The van der Waals surface area contributed by atoms with Gasteiger partial charge in [-0.05, 0) is 71.5 Å². The minimum atomic E-state index is -0.0386. The lowest BCUT2D eigenvalue weighted by Gasteiger charge is -2.19. The minimum absolute atomic E-state index is 0.0386. The predicted molar refractivity (Wildman–Crippen MR) is 202 cm³/mol. The monoisotopic (exact) mass is 644 g/mol. The molecule has 7 aromatic rings. The first kappa shape index (κ1) is 28.7. The Bertz CT molecular complexity index is 2520. The van der Waals surface area contributed by atoms with Crippen LogP contribution in [0, 0.1) is 0 Å². The van der Waals surface area contributed by atoms with Gasteiger partial charge in [0.05, 0.1) is 11.4 Å². The number of fused-ring (bicyclic) bond motifs is 7. The first-order valence-corrected chi connectivity index (χ1v) is 17.3. The first-order chi connectivity index (χ1) is 24.7. The third-order valence-corrected chi connectivity index (χ3v) is 10.1. The van der Waals surface area contributed by atoms with Crippen LogP contribution >= 0.6 is 0 Å². The molecule has 0 saturated heterocycles. The molecule has 0 saturated carbocycles. The molecule has 0 fully saturated rings. The molecule has 3 aliphatic rings. The van der Waals surface area contributed by atoms with Crippen LogP contribution in [0.15, 0.2) is 173 Å². The fourth-order valence-corrected chi connectivity index (χ4v) is 7.52. The van der Waals surface area contributed by atoms with Gasteiger partial charge in [0.15, 0.2) is 17.2 Å². The molecular formula is C46H32N2O2. The van der Waals surface area contributed by atoms with Crippen LogP contribution in [0.1, 0.15) is 24.3 Å². The Labute approximate surface area is 290 Å². The molecule has 2 atom stereocenters. The number of benzene rings is 5. The third kappa shape index (κ3) is 4.91. The molecule has 0 N–H and O–H groups in total. The Hall–Kier alpha value is -6.26. The van der Waals surface area contributed by atoms with Gasteiger partial charge in [-0.2, -0.15) is 0 Å². The van der Waals surface area contributed by atoms with Gasteiger partial charge in [0.25, 0.3) is 0 Å². The smallest absolute Gasteiger partial charge is 0.177 e. The lowest BCUT2D eigenvalue weighted by molar-refractivity contribution is 0.268. The SMILES string of the molecule is C1=CC(C2=CC3Oc4c(ccc5c4oc4cc(-c6cccc(-c7nc(-c8ccccc8)cc(-c8ccccc8)n7)c6)ccc45)C3C=C2)=CCC1. The van der Waals surface area contributed by atoms with Gasteiger partial charge in [0.1, 0.15) is 11.7 Å². The summed E-state index contributed by atoms with van der Waals surface area (Å²) in [5.74, 6) is 1.73. The molecule has 238 valence electrons. The van der Waals surface area contributed by atoms with Crippen molar-refractivity contribution in [2.24, 2.45) is 0 Å². The summed E-state index contributed by atoms with van der Waals surface area (Å²) in [6, 6.07) is 42.0. The Morgan fingerprint density at radius 3 is 2.06 bits per heavy atom. The molecule has 2 aromatic heterocycles. The number of ether oxygens (including phenoxy) is 1. The maximum atomic E-state index is 6.65. The van der Waals surface area contributed by atoms with Gasteiger partial charge >= 0.3 is 0 Å². The maximum absolute atomic E-state index is 6.65. The van der Waals surface area contributed by atoms with E-state index in [1.165, 1.54) is 16.7 Å². The second-order valence-electron chi connectivity index (χ2n) is 13.2. The topological polar surface area (TPSA) is 48.2 Å². The van der Waals surface area contributed by atoms with E-state index >= 15 is 0 Å². The van der Waals surface area contributed by atoms with E-state index < -0.39 is 0 Å². The summed E-state index contributed by atoms with van der Waals surface area (Å²) in [6.07, 6.45) is 15.8. The molecule has 3 heterocycles. The Morgan fingerprint density at radius 1 is 0.580 bits per heavy atom. The van der Waals surface area contributed by atoms with Gasteiger partial charge in [-0.1, -0.05) is 121 Å². The highest BCUT2D eigenvalue weighted by atomic mass is 16.5. The van der Waals surface area contributed by atoms with Crippen LogP contribution in [0.2, 0.25) is 0 Å². The summed E-state index contributed by atoms with van der Waals surface area (Å²) >= 11 is 0. The van der Waals surface area contributed by atoms with E-state index in [1.807, 2.05) is 36.4 Å². The molecule has 4 nitrogen and oxygen atoms in total. The minimum Gasteiger partial charge on any atom is -0.481 e. The summed E-state index contributed by atoms with van der Waals surface area (Å²) < 4.78 is 13.3. The molecule has 0 radical (unpaired) electrons. The molecular weight excluding hydrogens is 613 g/mol. The number of hydrogen-bond acceptors (Lipinski definition) is 4. The molecule has 4 heteroatoms. The standard InChI is InChI=1S/C46H32N2O2/c1-4-11-29(12-5-1)33-19-21-36-38-23-24-39-37-22-20-34(27-43(37)50-45(39)44(38)49-42(36)26-33)32-17-10-18-35(25-32)46-47-40(30-13-6-2-7-14-30)28-41(48-46)31-15-8-3-9-16-31/h2-4,6-28,36,42H,1,5H2. The number of allylic oxidation sites excluding steroid dienone is 6. The predicted octanol–water partition coefficient (Wildman–Crippen LogP) is 11.7. The van der Waals surface area contributed by atoms with Crippen molar-refractivity contribution in [2.75, 3.05) is 0 Å². The van der Waals surface area contributed by atoms with Gasteiger partial charge in [0.2, 0.25) is 0 Å². The quantitative estimate of drug-likeness (QED) is 0.187. The molecule has 0 amide bonds. The summed E-state index contributed by atoms with van der Waals surface area (Å²) in [6.45, 7) is 0. The van der Waals surface area contributed by atoms with Crippen molar-refractivity contribution in [1.82, 2.24) is 9.97 Å². The fourth-order valence-electron chi connectivity index (χ4n) is 7.52. The number of nitrogens with zero attached hydrogens (tertiary/aromatic N) is 2. The van der Waals surface area contributed by atoms with E-state index in [9.17, 15) is 0 Å². The van der Waals surface area contributed by atoms with Gasteiger partial charge in [-0.3, -0.25) is 0 Å². The Kier molecular flexibility index (Phi) is 6.73. The second kappa shape index (κ2) is 11.7. The fraction of sp³-hybridized carbons (Fsp3) is 0.0870. The van der Waals surface area contributed by atoms with Crippen LogP contribution in [0.4, 0.5) is 0 Å². The molecule has 5 aromatic carbocycles. The summed E-state index contributed by atoms with van der Waals surface area (Å²) in [4.78, 5) is 10.1. The highest BCUT2D eigenvalue weighted by molar-refractivity contribution is 6.08. The normalized spacial score (nSPS) is 17.7. The van der Waals surface area contributed by atoms with Crippen molar-refractivity contribution >= 4 is 21.9 Å². The van der Waals surface area contributed by atoms with Gasteiger partial charge < -0.3 is 9.15 Å². The van der Waals surface area contributed by atoms with Gasteiger partial charge in [0, 0.05) is 38.9 Å². The van der Waals surface area contributed by atoms with Crippen molar-refractivity contribution in [1.29, 1.82) is 0 Å². The largest absolute Gasteiger partial charge is 0.481 e. The number of rotatable bonds is 5. The number of hydrogen-bond donors (Lipinski definition) is 0. The van der Waals surface area contributed by atoms with Crippen molar-refractivity contribution in [3.63, 3.8) is 0 Å². The van der Waals surface area contributed by atoms with Crippen molar-refractivity contribution < 1.29 is 9.15 Å². The molecule has 0 spiro atoms. The summed E-state index contributed by atoms with van der Waals surface area (Å²) in [5.41, 5.74) is 12.3. The molecule has 2 aliphatic carbocycles. The van der Waals surface area contributed by atoms with Crippen LogP contribution in [0.3, 0.4) is 0 Å². The van der Waals surface area contributed by atoms with E-state index in [4.69, 9.17) is 19.1 Å². The average molecular weight is 645 g/mol. The van der Waals surface area contributed by atoms with Crippen LogP contribution in [0.5, 0.6) is 5.75 Å². The Morgan fingerprint density at radius 2 is 1.30 bits per heavy atom. The number of aromatic nitrogens is 2. The molecule has 10 rings (SSSR count). The van der Waals surface area contributed by atoms with E-state index in [-0.39, 0.29) is 12.0 Å². The summed E-state index contributed by atoms with van der Waals surface area (Å²) in [7, 11) is 0. The lowest BCUT2D eigenvalue weighted by atomic mass is 9.86. The summed E-state index contributed by atoms with van der Waals surface area (Å²) in [5, 5.41) is 2.15. The van der Waals surface area contributed by atoms with Crippen LogP contribution < -0.4 is 4.74 Å². The van der Waals surface area contributed by atoms with Crippen molar-refractivity contribution in [2.45, 2.75) is 24.9 Å². The van der Waals surface area contributed by atoms with E-state index in [0.29, 0.717) is 5.82 Å². The maximum Gasteiger partial charge on any atom is 0.177 e. The zero-order valence-electron chi connectivity index (χ0n) is 27.3. The molecule has 1 aliphatic heterocycles. The highest BCUT2D eigenvalue weighted by Crippen LogP contribution is 2.48. The first-order valence-electron chi connectivity index (χ1n) is 17.3. The lowest BCUT2D eigenvalue weighted by Crippen LogP contribution is -2.18. The van der Waals surface area contributed by atoms with Crippen LogP contribution in [-0.2, 0) is 0 Å². The van der Waals surface area contributed by atoms with Gasteiger partial charge in [-0.15, -0.1) is 0 Å². The van der Waals surface area contributed by atoms with E-state index in [0.717, 1.165) is 79.7 Å². The highest BCUT2D eigenvalue weighted by Gasteiger charge is 2.36. The average Bonchev–Trinajstić information content (AvgIpc) is 3.76. The number of furan rings is 1.